The number of aromatic nitrogens is 2. The molecule has 41 heavy (non-hydrogen) atoms. The van der Waals surface area contributed by atoms with Crippen LogP contribution in [-0.2, 0) is 25.8 Å². The molecule has 196 valence electrons. The summed E-state index contributed by atoms with van der Waals surface area (Å²) in [5, 5.41) is 10.3. The molecular formula is C36H24Cl2HfN2. The molecule has 0 aliphatic heterocycles. The van der Waals surface area contributed by atoms with Crippen molar-refractivity contribution in [2.45, 2.75) is 0 Å². The van der Waals surface area contributed by atoms with E-state index in [1.54, 1.807) is 0 Å². The van der Waals surface area contributed by atoms with Crippen LogP contribution in [0.3, 0.4) is 0 Å². The van der Waals surface area contributed by atoms with Crippen molar-refractivity contribution in [2.75, 3.05) is 0 Å². The second kappa shape index (κ2) is 13.4. The fourth-order valence-electron chi connectivity index (χ4n) is 5.44. The van der Waals surface area contributed by atoms with Crippen LogP contribution in [-0.4, -0.2) is 9.97 Å². The Balaban J connectivity index is 0.000000176. The van der Waals surface area contributed by atoms with Gasteiger partial charge in [0, 0.05) is 23.8 Å². The van der Waals surface area contributed by atoms with E-state index < -0.39 is 0 Å². The second-order valence-corrected chi connectivity index (χ2v) is 9.43. The maximum Gasteiger partial charge on any atom is 4.00 e. The average molecular weight is 734 g/mol. The Bertz CT molecular complexity index is 1880. The molecule has 0 amide bonds. The zero-order valence-electron chi connectivity index (χ0n) is 22.0. The van der Waals surface area contributed by atoms with Crippen LogP contribution in [0.1, 0.15) is 0 Å². The third-order valence-corrected chi connectivity index (χ3v) is 7.20. The molecule has 0 spiro atoms. The Labute approximate surface area is 270 Å². The first-order valence-electron chi connectivity index (χ1n) is 12.8. The van der Waals surface area contributed by atoms with Crippen molar-refractivity contribution in [1.82, 2.24) is 9.97 Å². The molecule has 8 rings (SSSR count). The predicted molar refractivity (Wildman–Crippen MR) is 161 cm³/mol. The van der Waals surface area contributed by atoms with Gasteiger partial charge in [-0.1, -0.05) is 83.6 Å². The van der Waals surface area contributed by atoms with Crippen LogP contribution in [0.2, 0.25) is 0 Å². The average Bonchev–Trinajstić information content (AvgIpc) is 3.64. The summed E-state index contributed by atoms with van der Waals surface area (Å²) in [6, 6.07) is 46.5. The van der Waals surface area contributed by atoms with Crippen molar-refractivity contribution in [3.63, 3.8) is 0 Å². The van der Waals surface area contributed by atoms with Crippen molar-refractivity contribution in [3.8, 4) is 22.5 Å². The first-order chi connectivity index (χ1) is 18.9. The zero-order valence-corrected chi connectivity index (χ0v) is 27.1. The summed E-state index contributed by atoms with van der Waals surface area (Å²) >= 11 is 0. The molecule has 6 aromatic carbocycles. The van der Waals surface area contributed by atoms with Gasteiger partial charge in [-0.25, -0.2) is 0 Å². The van der Waals surface area contributed by atoms with Gasteiger partial charge in [-0.15, -0.1) is 69.1 Å². The molecule has 0 aliphatic rings. The van der Waals surface area contributed by atoms with Gasteiger partial charge in [0.25, 0.3) is 0 Å². The van der Waals surface area contributed by atoms with Crippen LogP contribution in [0.5, 0.6) is 0 Å². The van der Waals surface area contributed by atoms with Gasteiger partial charge in [-0.3, -0.25) is 9.97 Å². The van der Waals surface area contributed by atoms with E-state index in [0.29, 0.717) is 0 Å². The molecule has 0 saturated heterocycles. The number of nitrogens with zero attached hydrogens (tertiary/aromatic N) is 2. The van der Waals surface area contributed by atoms with Crippen molar-refractivity contribution >= 4 is 43.1 Å². The summed E-state index contributed by atoms with van der Waals surface area (Å²) in [5.41, 5.74) is 4.50. The Morgan fingerprint density at radius 1 is 0.439 bits per heavy atom. The van der Waals surface area contributed by atoms with Crippen molar-refractivity contribution in [2.24, 2.45) is 0 Å². The van der Waals surface area contributed by atoms with Gasteiger partial charge < -0.3 is 24.8 Å². The minimum atomic E-state index is 0. The standard InChI is InChI=1S/2C18H12N.2ClH.Hf/c2*1-2-6-15-13(5-1)8-9-14-10-11-16(18(14)15)17-7-3-4-12-19-17;;;/h2*1-12H;2*1H;/q2*-1;;;+4/p-2. The fraction of sp³-hybridized carbons (Fsp3) is 0. The SMILES string of the molecule is [Cl-].[Cl-].[Hf+4].c1ccc(-c2c[cH-]c3ccc4ccccc4c23)nc1.c1ccc(-c2c[cH-]c3ccc4ccccc4c23)nc1. The third kappa shape index (κ3) is 5.76. The second-order valence-electron chi connectivity index (χ2n) is 9.43. The first kappa shape index (κ1) is 30.3. The third-order valence-electron chi connectivity index (χ3n) is 7.20. The van der Waals surface area contributed by atoms with E-state index in [-0.39, 0.29) is 50.7 Å². The van der Waals surface area contributed by atoms with Crippen molar-refractivity contribution in [3.05, 3.63) is 146 Å². The van der Waals surface area contributed by atoms with E-state index in [9.17, 15) is 0 Å². The minimum absolute atomic E-state index is 0. The molecular weight excluding hydrogens is 710 g/mol. The molecule has 0 aliphatic carbocycles. The van der Waals surface area contributed by atoms with Crippen LogP contribution < -0.4 is 24.8 Å². The first-order valence-corrected chi connectivity index (χ1v) is 12.8. The molecule has 0 atom stereocenters. The molecule has 0 unspecified atom stereocenters. The molecule has 2 heterocycles. The van der Waals surface area contributed by atoms with Gasteiger partial charge in [-0.2, -0.15) is 0 Å². The van der Waals surface area contributed by atoms with Crippen LogP contribution in [0, 0.1) is 0 Å². The number of fused-ring (bicyclic) bond motifs is 6. The van der Waals surface area contributed by atoms with Crippen LogP contribution in [0.25, 0.3) is 65.6 Å². The van der Waals surface area contributed by atoms with E-state index in [1.807, 2.05) is 36.7 Å². The maximum atomic E-state index is 4.48. The molecule has 2 nitrogen and oxygen atoms in total. The van der Waals surface area contributed by atoms with Crippen LogP contribution in [0.4, 0.5) is 0 Å². The number of halogens is 2. The summed E-state index contributed by atoms with van der Waals surface area (Å²) in [5.74, 6) is 0. The zero-order chi connectivity index (χ0) is 25.3. The summed E-state index contributed by atoms with van der Waals surface area (Å²) in [7, 11) is 0. The van der Waals surface area contributed by atoms with Crippen LogP contribution >= 0.6 is 0 Å². The molecule has 0 radical (unpaired) electrons. The Hall–Kier alpha value is -3.63. The molecule has 0 N–H and O–H groups in total. The summed E-state index contributed by atoms with van der Waals surface area (Å²) in [6.45, 7) is 0. The number of rotatable bonds is 2. The van der Waals surface area contributed by atoms with E-state index in [0.717, 1.165) is 11.4 Å². The minimum Gasteiger partial charge on any atom is -1.00 e. The fourth-order valence-corrected chi connectivity index (χ4v) is 5.44. The smallest absolute Gasteiger partial charge is 1.00 e. The van der Waals surface area contributed by atoms with Crippen LogP contribution in [0.15, 0.2) is 146 Å². The molecule has 5 heteroatoms. The van der Waals surface area contributed by atoms with Gasteiger partial charge in [0.15, 0.2) is 0 Å². The molecule has 8 aromatic rings. The predicted octanol–water partition coefficient (Wildman–Crippen LogP) is 3.55. The van der Waals surface area contributed by atoms with Crippen molar-refractivity contribution in [1.29, 1.82) is 0 Å². The van der Waals surface area contributed by atoms with E-state index in [1.165, 1.54) is 54.2 Å². The van der Waals surface area contributed by atoms with Gasteiger partial charge in [-0.05, 0) is 35.0 Å². The normalized spacial score (nSPS) is 10.3. The number of hydrogen-bond donors (Lipinski definition) is 0. The number of benzene rings is 4. The topological polar surface area (TPSA) is 25.8 Å². The van der Waals surface area contributed by atoms with Gasteiger partial charge in [0.1, 0.15) is 0 Å². The van der Waals surface area contributed by atoms with E-state index in [4.69, 9.17) is 0 Å². The quantitative estimate of drug-likeness (QED) is 0.201. The van der Waals surface area contributed by atoms with Crippen molar-refractivity contribution < 1.29 is 50.7 Å². The summed E-state index contributed by atoms with van der Waals surface area (Å²) in [6.07, 6.45) is 3.69. The Kier molecular flexibility index (Phi) is 9.88. The molecule has 0 bridgehead atoms. The Morgan fingerprint density at radius 3 is 1.27 bits per heavy atom. The maximum absolute atomic E-state index is 4.48. The molecule has 2 aromatic heterocycles. The van der Waals surface area contributed by atoms with E-state index in [2.05, 4.69) is 119 Å². The number of hydrogen-bond acceptors (Lipinski definition) is 2. The van der Waals surface area contributed by atoms with E-state index >= 15 is 0 Å². The van der Waals surface area contributed by atoms with Gasteiger partial charge >= 0.3 is 25.8 Å². The monoisotopic (exact) mass is 734 g/mol. The molecule has 0 fully saturated rings. The molecule has 0 saturated carbocycles. The Morgan fingerprint density at radius 2 is 0.854 bits per heavy atom. The van der Waals surface area contributed by atoms with Gasteiger partial charge in [0.2, 0.25) is 0 Å². The summed E-state index contributed by atoms with van der Waals surface area (Å²) < 4.78 is 0. The van der Waals surface area contributed by atoms with Gasteiger partial charge in [0.05, 0.1) is 0 Å². The largest absolute Gasteiger partial charge is 4.00 e. The summed E-state index contributed by atoms with van der Waals surface area (Å²) in [4.78, 5) is 8.96. The number of pyridine rings is 2.